The zero-order chi connectivity index (χ0) is 29.0. The maximum atomic E-state index is 6.46. The molecule has 0 fully saturated rings. The first-order valence-corrected chi connectivity index (χ1v) is 15.4. The summed E-state index contributed by atoms with van der Waals surface area (Å²) in [6.45, 7) is 23.9. The van der Waals surface area contributed by atoms with Gasteiger partial charge in [0.25, 0.3) is 0 Å². The molecule has 4 bridgehead atoms. The summed E-state index contributed by atoms with van der Waals surface area (Å²) in [6, 6.07) is 14.9. The van der Waals surface area contributed by atoms with E-state index in [4.69, 9.17) is 4.74 Å². The smallest absolute Gasteiger partial charge is 0.125 e. The Labute approximate surface area is 244 Å². The Morgan fingerprint density at radius 1 is 0.500 bits per heavy atom. The van der Waals surface area contributed by atoms with Crippen LogP contribution in [0.2, 0.25) is 0 Å². The number of benzene rings is 3. The number of fused-ring (bicyclic) bond motifs is 2. The normalized spacial score (nSPS) is 15.2. The van der Waals surface area contributed by atoms with Gasteiger partial charge < -0.3 is 4.74 Å². The molecule has 2 aliphatic carbocycles. The van der Waals surface area contributed by atoms with Gasteiger partial charge in [-0.05, 0) is 116 Å². The topological polar surface area (TPSA) is 9.23 Å². The van der Waals surface area contributed by atoms with Gasteiger partial charge in [0.2, 0.25) is 0 Å². The van der Waals surface area contributed by atoms with Gasteiger partial charge in [0.15, 0.2) is 0 Å². The third-order valence-corrected chi connectivity index (χ3v) is 8.96. The highest BCUT2D eigenvalue weighted by Crippen LogP contribution is 2.39. The molecule has 5 rings (SSSR count). The van der Waals surface area contributed by atoms with Crippen LogP contribution in [-0.4, -0.2) is 6.61 Å². The van der Waals surface area contributed by atoms with Crippen molar-refractivity contribution in [1.82, 2.24) is 0 Å². The Kier molecular flexibility index (Phi) is 7.35. The first-order valence-electron chi connectivity index (χ1n) is 15.4. The summed E-state index contributed by atoms with van der Waals surface area (Å²) in [5.74, 6) is 1.13. The lowest BCUT2D eigenvalue weighted by molar-refractivity contribution is 0.332. The monoisotopic (exact) mass is 534 g/mol. The number of hydrogen-bond donors (Lipinski definition) is 0. The average molecular weight is 535 g/mol. The maximum absolute atomic E-state index is 6.46. The fourth-order valence-corrected chi connectivity index (χ4v) is 6.36. The molecule has 0 aromatic heterocycles. The molecule has 1 nitrogen and oxygen atoms in total. The number of aryl methyl sites for hydroxylation is 4. The van der Waals surface area contributed by atoms with Crippen LogP contribution in [0.1, 0.15) is 130 Å². The van der Waals surface area contributed by atoms with E-state index in [-0.39, 0.29) is 16.2 Å². The number of hydrogen-bond acceptors (Lipinski definition) is 1. The summed E-state index contributed by atoms with van der Waals surface area (Å²) in [7, 11) is 0. The third-order valence-electron chi connectivity index (χ3n) is 8.96. The second-order valence-corrected chi connectivity index (χ2v) is 15.2. The summed E-state index contributed by atoms with van der Waals surface area (Å²) in [4.78, 5) is 0. The van der Waals surface area contributed by atoms with Gasteiger partial charge in [0.05, 0.1) is 6.61 Å². The van der Waals surface area contributed by atoms with Gasteiger partial charge in [-0.2, -0.15) is 0 Å². The fourth-order valence-electron chi connectivity index (χ4n) is 6.36. The second-order valence-electron chi connectivity index (χ2n) is 15.2. The van der Waals surface area contributed by atoms with Gasteiger partial charge in [0.1, 0.15) is 5.75 Å². The molecule has 0 amide bonds. The standard InChI is InChI=1S/C39H50O/c1-11-40-36-27-14-12-25-19-31(37(2,3)4)23-29-18-30-24-32(38(5,6)7)20-26(35(30)17-16-34(25)29)13-15-28(36)22-33(21-27)39(8,9)10/h16-17,19-24H,11-15,18H2,1-10H3. The highest BCUT2D eigenvalue weighted by Gasteiger charge is 2.25. The van der Waals surface area contributed by atoms with Crippen LogP contribution >= 0.6 is 0 Å². The molecule has 0 N–H and O–H groups in total. The van der Waals surface area contributed by atoms with Gasteiger partial charge in [-0.25, -0.2) is 0 Å². The van der Waals surface area contributed by atoms with Crippen LogP contribution in [0.3, 0.4) is 0 Å². The van der Waals surface area contributed by atoms with E-state index in [1.165, 1.54) is 61.2 Å². The van der Waals surface area contributed by atoms with Crippen molar-refractivity contribution in [1.29, 1.82) is 0 Å². The Morgan fingerprint density at radius 2 is 0.825 bits per heavy atom. The van der Waals surface area contributed by atoms with Crippen molar-refractivity contribution in [3.63, 3.8) is 0 Å². The molecule has 0 atom stereocenters. The lowest BCUT2D eigenvalue weighted by Gasteiger charge is -2.26. The molecule has 3 aromatic rings. The lowest BCUT2D eigenvalue weighted by Crippen LogP contribution is -2.16. The molecular formula is C39H50O. The Bertz CT molecular complexity index is 1360. The molecule has 0 saturated carbocycles. The van der Waals surface area contributed by atoms with Crippen molar-refractivity contribution < 1.29 is 4.74 Å². The van der Waals surface area contributed by atoms with Crippen LogP contribution in [0.15, 0.2) is 36.4 Å². The minimum Gasteiger partial charge on any atom is -0.493 e. The molecule has 212 valence electrons. The van der Waals surface area contributed by atoms with Gasteiger partial charge in [-0.1, -0.05) is 111 Å². The van der Waals surface area contributed by atoms with Crippen LogP contribution in [0.5, 0.6) is 5.75 Å². The minimum atomic E-state index is 0.0875. The molecule has 0 aliphatic heterocycles. The molecule has 3 aromatic carbocycles. The minimum absolute atomic E-state index is 0.0875. The van der Waals surface area contributed by atoms with E-state index in [9.17, 15) is 0 Å². The van der Waals surface area contributed by atoms with Crippen LogP contribution in [0, 0.1) is 0 Å². The largest absolute Gasteiger partial charge is 0.493 e. The van der Waals surface area contributed by atoms with Crippen molar-refractivity contribution in [2.24, 2.45) is 0 Å². The Hall–Kier alpha value is -2.80. The summed E-state index contributed by atoms with van der Waals surface area (Å²) in [5, 5.41) is 0. The third kappa shape index (κ3) is 5.67. The van der Waals surface area contributed by atoms with Crippen molar-refractivity contribution >= 4 is 12.2 Å². The maximum Gasteiger partial charge on any atom is 0.125 e. The van der Waals surface area contributed by atoms with E-state index in [2.05, 4.69) is 118 Å². The SMILES string of the molecule is CCOc1c2cc(C(C)(C)C)cc1CCc1cc(C(C)(C)C)cc3c1C=Cc1c(cc(C(C)(C)C)cc1C3)CC2. The van der Waals surface area contributed by atoms with E-state index < -0.39 is 0 Å². The van der Waals surface area contributed by atoms with E-state index in [0.29, 0.717) is 6.61 Å². The molecule has 2 aliphatic rings. The van der Waals surface area contributed by atoms with Crippen molar-refractivity contribution in [3.8, 4) is 5.75 Å². The summed E-state index contributed by atoms with van der Waals surface area (Å²) in [6.07, 6.45) is 9.87. The van der Waals surface area contributed by atoms with Gasteiger partial charge in [-0.15, -0.1) is 0 Å². The van der Waals surface area contributed by atoms with Gasteiger partial charge >= 0.3 is 0 Å². The molecule has 0 heterocycles. The lowest BCUT2D eigenvalue weighted by atomic mass is 9.79. The summed E-state index contributed by atoms with van der Waals surface area (Å²) in [5.41, 5.74) is 16.0. The molecule has 40 heavy (non-hydrogen) atoms. The van der Waals surface area contributed by atoms with Gasteiger partial charge in [0, 0.05) is 0 Å². The molecule has 0 saturated heterocycles. The van der Waals surface area contributed by atoms with Crippen LogP contribution in [-0.2, 0) is 48.3 Å². The molecule has 0 spiro atoms. The molecule has 0 radical (unpaired) electrons. The van der Waals surface area contributed by atoms with E-state index in [0.717, 1.165) is 37.9 Å². The Morgan fingerprint density at radius 3 is 1.18 bits per heavy atom. The first kappa shape index (κ1) is 28.7. The summed E-state index contributed by atoms with van der Waals surface area (Å²) >= 11 is 0. The van der Waals surface area contributed by atoms with Crippen molar-refractivity contribution in [2.75, 3.05) is 6.61 Å². The van der Waals surface area contributed by atoms with Crippen LogP contribution < -0.4 is 4.74 Å². The van der Waals surface area contributed by atoms with Crippen molar-refractivity contribution in [3.05, 3.63) is 97.6 Å². The van der Waals surface area contributed by atoms with Crippen LogP contribution in [0.25, 0.3) is 12.2 Å². The molecule has 1 heteroatoms. The average Bonchev–Trinajstić information content (AvgIpc) is 3.03. The van der Waals surface area contributed by atoms with Crippen LogP contribution in [0.4, 0.5) is 0 Å². The van der Waals surface area contributed by atoms with E-state index in [1.54, 1.807) is 0 Å². The van der Waals surface area contributed by atoms with Gasteiger partial charge in [-0.3, -0.25) is 0 Å². The number of ether oxygens (including phenoxy) is 1. The molecule has 0 unspecified atom stereocenters. The molecular weight excluding hydrogens is 484 g/mol. The fraction of sp³-hybridized carbons (Fsp3) is 0.487. The first-order chi connectivity index (χ1) is 18.6. The predicted molar refractivity (Wildman–Crippen MR) is 173 cm³/mol. The van der Waals surface area contributed by atoms with E-state index in [1.807, 2.05) is 0 Å². The Balaban J connectivity index is 1.81. The highest BCUT2D eigenvalue weighted by atomic mass is 16.5. The predicted octanol–water partition coefficient (Wildman–Crippen LogP) is 9.94. The van der Waals surface area contributed by atoms with E-state index >= 15 is 0 Å². The zero-order valence-electron chi connectivity index (χ0n) is 26.8. The zero-order valence-corrected chi connectivity index (χ0v) is 26.8. The quantitative estimate of drug-likeness (QED) is 0.249. The number of rotatable bonds is 2. The van der Waals surface area contributed by atoms with Crippen molar-refractivity contribution in [2.45, 2.75) is 118 Å². The second kappa shape index (κ2) is 10.2. The highest BCUT2D eigenvalue weighted by molar-refractivity contribution is 5.79. The summed E-state index contributed by atoms with van der Waals surface area (Å²) < 4.78 is 6.46.